The van der Waals surface area contributed by atoms with Crippen LogP contribution in [-0.2, 0) is 14.3 Å². The van der Waals surface area contributed by atoms with Crippen molar-refractivity contribution in [2.45, 2.75) is 17.4 Å². The lowest BCUT2D eigenvalue weighted by Gasteiger charge is -2.23. The first-order chi connectivity index (χ1) is 10.2. The van der Waals surface area contributed by atoms with Crippen molar-refractivity contribution < 1.29 is 14.3 Å². The predicted molar refractivity (Wildman–Crippen MR) is 89.5 cm³/mol. The van der Waals surface area contributed by atoms with Gasteiger partial charge in [-0.25, -0.2) is 0 Å². The highest BCUT2D eigenvalue weighted by atomic mass is 35.5. The Morgan fingerprint density at radius 3 is 2.86 bits per heavy atom. The predicted octanol–water partition coefficient (Wildman–Crippen LogP) is 1.00. The lowest BCUT2D eigenvalue weighted by atomic mass is 10.2. The molecular weight excluding hydrogens is 326 g/mol. The first-order valence-corrected chi connectivity index (χ1v) is 7.78. The van der Waals surface area contributed by atoms with E-state index in [-0.39, 0.29) is 24.2 Å². The first kappa shape index (κ1) is 18.8. The molecule has 0 spiro atoms. The van der Waals surface area contributed by atoms with Crippen molar-refractivity contribution in [2.24, 2.45) is 5.73 Å². The van der Waals surface area contributed by atoms with Crippen LogP contribution in [0.25, 0.3) is 0 Å². The van der Waals surface area contributed by atoms with Crippen LogP contribution < -0.4 is 16.4 Å². The van der Waals surface area contributed by atoms with E-state index in [0.717, 1.165) is 17.1 Å². The number of para-hydroxylation sites is 1. The second-order valence-corrected chi connectivity index (χ2v) is 5.75. The third-order valence-corrected chi connectivity index (χ3v) is 4.05. The fraction of sp³-hybridized carbons (Fsp3) is 0.429. The summed E-state index contributed by atoms with van der Waals surface area (Å²) in [5.74, 6) is 0.0970. The summed E-state index contributed by atoms with van der Waals surface area (Å²) in [6.45, 7) is 1.82. The molecule has 122 valence electrons. The number of benzene rings is 1. The average molecular weight is 346 g/mol. The SMILES string of the molecule is Cl.NC(=O)CCSc1ccccc1NC(=O)C1CNCCO1. The Labute approximate surface area is 139 Å². The molecule has 1 unspecified atom stereocenters. The van der Waals surface area contributed by atoms with Gasteiger partial charge in [0.25, 0.3) is 5.91 Å². The van der Waals surface area contributed by atoms with E-state index in [0.29, 0.717) is 25.3 Å². The maximum absolute atomic E-state index is 12.1. The maximum atomic E-state index is 12.1. The molecule has 1 aromatic carbocycles. The van der Waals surface area contributed by atoms with Gasteiger partial charge >= 0.3 is 0 Å². The van der Waals surface area contributed by atoms with Gasteiger partial charge in [0.2, 0.25) is 5.91 Å². The van der Waals surface area contributed by atoms with Gasteiger partial charge in [-0.15, -0.1) is 24.2 Å². The van der Waals surface area contributed by atoms with E-state index in [4.69, 9.17) is 10.5 Å². The molecule has 1 fully saturated rings. The monoisotopic (exact) mass is 345 g/mol. The van der Waals surface area contributed by atoms with Gasteiger partial charge in [0.05, 0.1) is 12.3 Å². The largest absolute Gasteiger partial charge is 0.370 e. The molecule has 0 bridgehead atoms. The molecule has 22 heavy (non-hydrogen) atoms. The number of hydrogen-bond donors (Lipinski definition) is 3. The number of amides is 2. The third kappa shape index (κ3) is 5.84. The quantitative estimate of drug-likeness (QED) is 0.669. The highest BCUT2D eigenvalue weighted by Crippen LogP contribution is 2.27. The van der Waals surface area contributed by atoms with E-state index in [1.165, 1.54) is 11.8 Å². The van der Waals surface area contributed by atoms with E-state index < -0.39 is 6.10 Å². The minimum Gasteiger partial charge on any atom is -0.370 e. The van der Waals surface area contributed by atoms with Crippen molar-refractivity contribution in [3.8, 4) is 0 Å². The summed E-state index contributed by atoms with van der Waals surface area (Å²) in [6, 6.07) is 7.48. The number of morpholine rings is 1. The van der Waals surface area contributed by atoms with Gasteiger partial charge in [0, 0.05) is 30.2 Å². The van der Waals surface area contributed by atoms with Crippen molar-refractivity contribution in [1.29, 1.82) is 0 Å². The number of halogens is 1. The molecule has 0 radical (unpaired) electrons. The average Bonchev–Trinajstić information content (AvgIpc) is 2.49. The highest BCUT2D eigenvalue weighted by molar-refractivity contribution is 7.99. The molecule has 1 aliphatic heterocycles. The zero-order chi connectivity index (χ0) is 15.1. The number of nitrogens with two attached hydrogens (primary N) is 1. The second-order valence-electron chi connectivity index (χ2n) is 4.61. The van der Waals surface area contributed by atoms with Crippen LogP contribution in [0.3, 0.4) is 0 Å². The summed E-state index contributed by atoms with van der Waals surface area (Å²) in [5.41, 5.74) is 5.86. The molecule has 1 aliphatic rings. The van der Waals surface area contributed by atoms with Crippen LogP contribution in [0, 0.1) is 0 Å². The first-order valence-electron chi connectivity index (χ1n) is 6.80. The van der Waals surface area contributed by atoms with Crippen molar-refractivity contribution in [2.75, 3.05) is 30.8 Å². The molecule has 1 aromatic rings. The van der Waals surface area contributed by atoms with Crippen molar-refractivity contribution >= 4 is 41.7 Å². The van der Waals surface area contributed by atoms with Crippen LogP contribution in [0.2, 0.25) is 0 Å². The van der Waals surface area contributed by atoms with Crippen LogP contribution in [0.5, 0.6) is 0 Å². The fourth-order valence-corrected chi connectivity index (χ4v) is 2.88. The minimum atomic E-state index is -0.470. The molecule has 1 heterocycles. The van der Waals surface area contributed by atoms with Gasteiger partial charge in [-0.2, -0.15) is 0 Å². The number of ether oxygens (including phenoxy) is 1. The van der Waals surface area contributed by atoms with Crippen molar-refractivity contribution in [3.63, 3.8) is 0 Å². The maximum Gasteiger partial charge on any atom is 0.254 e. The Hall–Kier alpha value is -1.28. The molecule has 0 saturated carbocycles. The summed E-state index contributed by atoms with van der Waals surface area (Å²) in [4.78, 5) is 23.8. The molecule has 1 saturated heterocycles. The number of rotatable bonds is 6. The normalized spacial score (nSPS) is 17.4. The molecule has 2 amide bonds. The number of anilines is 1. The zero-order valence-corrected chi connectivity index (χ0v) is 13.7. The van der Waals surface area contributed by atoms with Crippen LogP contribution in [0.1, 0.15) is 6.42 Å². The standard InChI is InChI=1S/C14H19N3O3S.ClH/c15-13(18)5-8-21-12-4-2-1-3-10(12)17-14(19)11-9-16-6-7-20-11;/h1-4,11,16H,5-9H2,(H2,15,18)(H,17,19);1H. The Kier molecular flexibility index (Phi) is 8.26. The Bertz CT molecular complexity index is 510. The van der Waals surface area contributed by atoms with Crippen LogP contribution in [-0.4, -0.2) is 43.4 Å². The molecule has 6 nitrogen and oxygen atoms in total. The molecule has 0 aliphatic carbocycles. The third-order valence-electron chi connectivity index (χ3n) is 2.97. The van der Waals surface area contributed by atoms with Gasteiger partial charge in [-0.05, 0) is 12.1 Å². The molecule has 1 atom stereocenters. The van der Waals surface area contributed by atoms with E-state index in [9.17, 15) is 9.59 Å². The summed E-state index contributed by atoms with van der Waals surface area (Å²) >= 11 is 1.49. The van der Waals surface area contributed by atoms with Crippen molar-refractivity contribution in [3.05, 3.63) is 24.3 Å². The summed E-state index contributed by atoms with van der Waals surface area (Å²) in [6.07, 6.45) is -0.162. The molecule has 0 aromatic heterocycles. The minimum absolute atomic E-state index is 0. The van der Waals surface area contributed by atoms with Gasteiger partial charge in [-0.1, -0.05) is 12.1 Å². The molecule has 4 N–H and O–H groups in total. The van der Waals surface area contributed by atoms with Crippen molar-refractivity contribution in [1.82, 2.24) is 5.32 Å². The van der Waals surface area contributed by atoms with Gasteiger partial charge in [0.15, 0.2) is 0 Å². The van der Waals surface area contributed by atoms with Gasteiger partial charge < -0.3 is 21.1 Å². The smallest absolute Gasteiger partial charge is 0.254 e. The number of thioether (sulfide) groups is 1. The fourth-order valence-electron chi connectivity index (χ4n) is 1.90. The second kappa shape index (κ2) is 9.68. The Morgan fingerprint density at radius 2 is 2.18 bits per heavy atom. The van der Waals surface area contributed by atoms with E-state index in [1.807, 2.05) is 24.3 Å². The molecule has 8 heteroatoms. The zero-order valence-electron chi connectivity index (χ0n) is 12.0. The summed E-state index contributed by atoms with van der Waals surface area (Å²) in [7, 11) is 0. The lowest BCUT2D eigenvalue weighted by Crippen LogP contribution is -2.45. The number of primary amides is 1. The Morgan fingerprint density at radius 1 is 1.41 bits per heavy atom. The lowest BCUT2D eigenvalue weighted by molar-refractivity contribution is -0.128. The summed E-state index contributed by atoms with van der Waals surface area (Å²) in [5, 5.41) is 6.00. The topological polar surface area (TPSA) is 93.5 Å². The number of nitrogens with one attached hydrogen (secondary N) is 2. The highest BCUT2D eigenvalue weighted by Gasteiger charge is 2.22. The summed E-state index contributed by atoms with van der Waals surface area (Å²) < 4.78 is 5.42. The van der Waals surface area contributed by atoms with E-state index in [2.05, 4.69) is 10.6 Å². The van der Waals surface area contributed by atoms with E-state index in [1.54, 1.807) is 0 Å². The van der Waals surface area contributed by atoms with Crippen LogP contribution in [0.4, 0.5) is 5.69 Å². The Balaban J connectivity index is 0.00000242. The van der Waals surface area contributed by atoms with Gasteiger partial charge in [-0.3, -0.25) is 9.59 Å². The van der Waals surface area contributed by atoms with Crippen LogP contribution >= 0.6 is 24.2 Å². The van der Waals surface area contributed by atoms with Crippen LogP contribution in [0.15, 0.2) is 29.2 Å². The molecular formula is C14H20ClN3O3S. The number of carbonyl (C=O) groups is 2. The number of carbonyl (C=O) groups excluding carboxylic acids is 2. The van der Waals surface area contributed by atoms with E-state index >= 15 is 0 Å². The van der Waals surface area contributed by atoms with Gasteiger partial charge in [0.1, 0.15) is 6.10 Å². The molecule has 2 rings (SSSR count). The number of hydrogen-bond acceptors (Lipinski definition) is 5.